The van der Waals surface area contributed by atoms with Crippen molar-refractivity contribution >= 4 is 11.8 Å². The fraction of sp³-hybridized carbons (Fsp3) is 0.250. The van der Waals surface area contributed by atoms with Crippen molar-refractivity contribution in [1.82, 2.24) is 19.8 Å². The van der Waals surface area contributed by atoms with E-state index in [9.17, 15) is 9.59 Å². The molecule has 2 amide bonds. The Hall–Kier alpha value is -2.76. The van der Waals surface area contributed by atoms with E-state index >= 15 is 0 Å². The van der Waals surface area contributed by atoms with Gasteiger partial charge in [0.25, 0.3) is 11.8 Å². The highest BCUT2D eigenvalue weighted by atomic mass is 16.2. The van der Waals surface area contributed by atoms with Crippen LogP contribution in [-0.4, -0.2) is 57.8 Å². The number of nitrogens with zero attached hydrogens (tertiary/aromatic N) is 4. The van der Waals surface area contributed by atoms with Gasteiger partial charge in [-0.3, -0.25) is 19.6 Å². The van der Waals surface area contributed by atoms with Crippen LogP contribution in [0.25, 0.3) is 0 Å². The predicted octanol–water partition coefficient (Wildman–Crippen LogP) is 1.07. The van der Waals surface area contributed by atoms with Gasteiger partial charge in [0.05, 0.1) is 0 Å². The lowest BCUT2D eigenvalue weighted by molar-refractivity contribution is 0.0532. The Balaban J connectivity index is 1.61. The second-order valence-corrected chi connectivity index (χ2v) is 5.04. The molecule has 2 aromatic heterocycles. The predicted molar refractivity (Wildman–Crippen MR) is 80.3 cm³/mol. The van der Waals surface area contributed by atoms with Gasteiger partial charge in [-0.05, 0) is 24.3 Å². The van der Waals surface area contributed by atoms with Crippen molar-refractivity contribution in [2.45, 2.75) is 0 Å². The fourth-order valence-corrected chi connectivity index (χ4v) is 2.44. The van der Waals surface area contributed by atoms with Crippen molar-refractivity contribution in [2.24, 2.45) is 0 Å². The van der Waals surface area contributed by atoms with E-state index in [4.69, 9.17) is 0 Å². The maximum atomic E-state index is 12.3. The summed E-state index contributed by atoms with van der Waals surface area (Å²) in [4.78, 5) is 36.1. The average molecular weight is 296 g/mol. The van der Waals surface area contributed by atoms with E-state index in [-0.39, 0.29) is 11.8 Å². The molecular formula is C16H16N4O2. The van der Waals surface area contributed by atoms with Crippen molar-refractivity contribution in [3.05, 3.63) is 60.2 Å². The number of rotatable bonds is 2. The van der Waals surface area contributed by atoms with E-state index in [1.807, 2.05) is 0 Å². The van der Waals surface area contributed by atoms with Gasteiger partial charge in [-0.2, -0.15) is 0 Å². The molecule has 0 bridgehead atoms. The molecule has 0 saturated carbocycles. The van der Waals surface area contributed by atoms with Gasteiger partial charge in [-0.1, -0.05) is 6.07 Å². The van der Waals surface area contributed by atoms with Crippen LogP contribution in [0.2, 0.25) is 0 Å². The van der Waals surface area contributed by atoms with Gasteiger partial charge < -0.3 is 9.80 Å². The van der Waals surface area contributed by atoms with Crippen molar-refractivity contribution in [3.8, 4) is 0 Å². The molecule has 1 fully saturated rings. The lowest BCUT2D eigenvalue weighted by atomic mass is 10.2. The van der Waals surface area contributed by atoms with Crippen LogP contribution < -0.4 is 0 Å². The van der Waals surface area contributed by atoms with Gasteiger partial charge in [0.2, 0.25) is 0 Å². The Morgan fingerprint density at radius 1 is 0.818 bits per heavy atom. The van der Waals surface area contributed by atoms with Crippen LogP contribution in [0.5, 0.6) is 0 Å². The molecule has 0 N–H and O–H groups in total. The van der Waals surface area contributed by atoms with Crippen LogP contribution >= 0.6 is 0 Å². The fourth-order valence-electron chi connectivity index (χ4n) is 2.44. The highest BCUT2D eigenvalue weighted by molar-refractivity contribution is 5.95. The third kappa shape index (κ3) is 2.95. The van der Waals surface area contributed by atoms with Gasteiger partial charge in [0.15, 0.2) is 0 Å². The van der Waals surface area contributed by atoms with E-state index in [1.54, 1.807) is 58.7 Å². The van der Waals surface area contributed by atoms with Crippen LogP contribution in [0.3, 0.4) is 0 Å². The number of hydrogen-bond acceptors (Lipinski definition) is 4. The first kappa shape index (κ1) is 14.2. The first-order valence-corrected chi connectivity index (χ1v) is 7.15. The zero-order valence-electron chi connectivity index (χ0n) is 12.1. The van der Waals surface area contributed by atoms with E-state index in [1.165, 1.54) is 0 Å². The van der Waals surface area contributed by atoms with Crippen molar-refractivity contribution in [1.29, 1.82) is 0 Å². The van der Waals surface area contributed by atoms with E-state index in [0.29, 0.717) is 37.4 Å². The van der Waals surface area contributed by atoms with Crippen LogP contribution in [0.15, 0.2) is 48.9 Å². The molecule has 22 heavy (non-hydrogen) atoms. The molecule has 6 nitrogen and oxygen atoms in total. The molecule has 0 aromatic carbocycles. The number of pyridine rings is 2. The molecule has 0 radical (unpaired) electrons. The van der Waals surface area contributed by atoms with Gasteiger partial charge >= 0.3 is 0 Å². The summed E-state index contributed by atoms with van der Waals surface area (Å²) in [5, 5.41) is 0. The second kappa shape index (κ2) is 6.34. The highest BCUT2D eigenvalue weighted by Crippen LogP contribution is 2.10. The molecule has 112 valence electrons. The van der Waals surface area contributed by atoms with Crippen LogP contribution in [-0.2, 0) is 0 Å². The van der Waals surface area contributed by atoms with Crippen LogP contribution in [0.4, 0.5) is 0 Å². The summed E-state index contributed by atoms with van der Waals surface area (Å²) < 4.78 is 0. The standard InChI is InChI=1S/C16H16N4O2/c21-15(13-4-7-17-8-5-13)19-9-11-20(12-10-19)16(22)14-3-1-2-6-18-14/h1-8H,9-12H2. The Kier molecular flexibility index (Phi) is 4.09. The largest absolute Gasteiger partial charge is 0.335 e. The molecule has 0 spiro atoms. The lowest BCUT2D eigenvalue weighted by Gasteiger charge is -2.34. The van der Waals surface area contributed by atoms with Gasteiger partial charge in [0.1, 0.15) is 5.69 Å². The molecule has 6 heteroatoms. The first-order valence-electron chi connectivity index (χ1n) is 7.15. The maximum absolute atomic E-state index is 12.3. The molecule has 3 heterocycles. The summed E-state index contributed by atoms with van der Waals surface area (Å²) in [6.07, 6.45) is 4.82. The van der Waals surface area contributed by atoms with E-state index < -0.39 is 0 Å². The van der Waals surface area contributed by atoms with Crippen LogP contribution in [0, 0.1) is 0 Å². The minimum Gasteiger partial charge on any atom is -0.335 e. The Morgan fingerprint density at radius 3 is 2.05 bits per heavy atom. The number of amides is 2. The monoisotopic (exact) mass is 296 g/mol. The number of hydrogen-bond donors (Lipinski definition) is 0. The van der Waals surface area contributed by atoms with Gasteiger partial charge in [-0.25, -0.2) is 0 Å². The zero-order valence-corrected chi connectivity index (χ0v) is 12.1. The minimum absolute atomic E-state index is 0.0210. The van der Waals surface area contributed by atoms with Crippen molar-refractivity contribution in [3.63, 3.8) is 0 Å². The maximum Gasteiger partial charge on any atom is 0.272 e. The van der Waals surface area contributed by atoms with Crippen molar-refractivity contribution in [2.75, 3.05) is 26.2 Å². The molecule has 1 aliphatic rings. The number of piperazine rings is 1. The third-order valence-electron chi connectivity index (χ3n) is 3.67. The molecule has 2 aromatic rings. The molecule has 3 rings (SSSR count). The third-order valence-corrected chi connectivity index (χ3v) is 3.67. The Morgan fingerprint density at radius 2 is 1.45 bits per heavy atom. The minimum atomic E-state index is -0.0865. The summed E-state index contributed by atoms with van der Waals surface area (Å²) in [7, 11) is 0. The summed E-state index contributed by atoms with van der Waals surface area (Å²) >= 11 is 0. The molecular weight excluding hydrogens is 280 g/mol. The number of carbonyl (C=O) groups excluding carboxylic acids is 2. The van der Waals surface area contributed by atoms with Gasteiger partial charge in [-0.15, -0.1) is 0 Å². The normalized spacial score (nSPS) is 14.7. The summed E-state index contributed by atoms with van der Waals surface area (Å²) in [5.74, 6) is -0.107. The van der Waals surface area contributed by atoms with E-state index in [2.05, 4.69) is 9.97 Å². The summed E-state index contributed by atoms with van der Waals surface area (Å²) in [6.45, 7) is 2.10. The van der Waals surface area contributed by atoms with Gasteiger partial charge in [0, 0.05) is 50.3 Å². The first-order chi connectivity index (χ1) is 10.8. The Bertz CT molecular complexity index is 593. The topological polar surface area (TPSA) is 66.4 Å². The van der Waals surface area contributed by atoms with E-state index in [0.717, 1.165) is 0 Å². The smallest absolute Gasteiger partial charge is 0.272 e. The molecule has 0 atom stereocenters. The highest BCUT2D eigenvalue weighted by Gasteiger charge is 2.25. The second-order valence-electron chi connectivity index (χ2n) is 5.04. The molecule has 0 aliphatic carbocycles. The quantitative estimate of drug-likeness (QED) is 0.831. The zero-order chi connectivity index (χ0) is 15.4. The Labute approximate surface area is 128 Å². The summed E-state index contributed by atoms with van der Waals surface area (Å²) in [5.41, 5.74) is 1.07. The lowest BCUT2D eigenvalue weighted by Crippen LogP contribution is -2.50. The molecule has 0 unspecified atom stereocenters. The number of carbonyl (C=O) groups is 2. The van der Waals surface area contributed by atoms with Crippen LogP contribution in [0.1, 0.15) is 20.8 Å². The molecule has 1 aliphatic heterocycles. The number of aromatic nitrogens is 2. The SMILES string of the molecule is O=C(c1ccncc1)N1CCN(C(=O)c2ccccn2)CC1. The summed E-state index contributed by atoms with van der Waals surface area (Å²) in [6, 6.07) is 8.68. The average Bonchev–Trinajstić information content (AvgIpc) is 2.62. The molecule has 1 saturated heterocycles. The van der Waals surface area contributed by atoms with Crippen molar-refractivity contribution < 1.29 is 9.59 Å².